The average Bonchev–Trinajstić information content (AvgIpc) is 2.53. The number of aromatic nitrogens is 1. The summed E-state index contributed by atoms with van der Waals surface area (Å²) in [4.78, 5) is 4.68. The van der Waals surface area contributed by atoms with E-state index in [4.69, 9.17) is 4.74 Å². The van der Waals surface area contributed by atoms with Crippen LogP contribution in [0.15, 0.2) is 54.6 Å². The summed E-state index contributed by atoms with van der Waals surface area (Å²) >= 11 is 0. The van der Waals surface area contributed by atoms with Crippen LogP contribution in [0.2, 0.25) is 0 Å². The third-order valence-electron chi connectivity index (χ3n) is 3.91. The number of rotatable bonds is 3. The van der Waals surface area contributed by atoms with Crippen LogP contribution in [0.1, 0.15) is 26.3 Å². The first kappa shape index (κ1) is 15.3. The van der Waals surface area contributed by atoms with E-state index in [9.17, 15) is 0 Å². The molecule has 3 nitrogen and oxygen atoms in total. The zero-order valence-electron chi connectivity index (χ0n) is 14.1. The molecule has 0 atom stereocenters. The van der Waals surface area contributed by atoms with Gasteiger partial charge in [0.2, 0.25) is 0 Å². The molecule has 118 valence electrons. The molecule has 1 N–H and O–H groups in total. The summed E-state index contributed by atoms with van der Waals surface area (Å²) < 4.78 is 5.38. The van der Waals surface area contributed by atoms with E-state index >= 15 is 0 Å². The lowest BCUT2D eigenvalue weighted by atomic mass is 9.87. The lowest BCUT2D eigenvalue weighted by Gasteiger charge is -2.20. The van der Waals surface area contributed by atoms with Crippen molar-refractivity contribution in [2.75, 3.05) is 12.4 Å². The van der Waals surface area contributed by atoms with E-state index in [0.717, 1.165) is 28.2 Å². The van der Waals surface area contributed by atoms with Crippen LogP contribution in [0.3, 0.4) is 0 Å². The molecule has 0 radical (unpaired) electrons. The normalized spacial score (nSPS) is 11.5. The molecule has 0 unspecified atom stereocenters. The molecule has 0 saturated heterocycles. The van der Waals surface area contributed by atoms with Crippen molar-refractivity contribution in [3.8, 4) is 5.75 Å². The van der Waals surface area contributed by atoms with Gasteiger partial charge in [0.25, 0.3) is 0 Å². The number of nitrogens with zero attached hydrogens (tertiary/aromatic N) is 1. The van der Waals surface area contributed by atoms with Crippen LogP contribution in [0.5, 0.6) is 5.75 Å². The number of methoxy groups -OCH3 is 1. The lowest BCUT2D eigenvalue weighted by molar-refractivity contribution is 0.420. The first-order valence-electron chi connectivity index (χ1n) is 7.79. The van der Waals surface area contributed by atoms with Gasteiger partial charge in [0.1, 0.15) is 11.6 Å². The minimum atomic E-state index is 0.127. The second kappa shape index (κ2) is 5.92. The maximum Gasteiger partial charge on any atom is 0.131 e. The van der Waals surface area contributed by atoms with E-state index in [1.165, 1.54) is 5.56 Å². The number of pyridine rings is 1. The van der Waals surface area contributed by atoms with E-state index in [-0.39, 0.29) is 5.41 Å². The van der Waals surface area contributed by atoms with Crippen molar-refractivity contribution in [1.29, 1.82) is 0 Å². The van der Waals surface area contributed by atoms with Gasteiger partial charge in [-0.2, -0.15) is 0 Å². The van der Waals surface area contributed by atoms with Crippen molar-refractivity contribution in [2.45, 2.75) is 26.2 Å². The number of benzene rings is 2. The van der Waals surface area contributed by atoms with Crippen molar-refractivity contribution >= 4 is 22.4 Å². The minimum Gasteiger partial charge on any atom is -0.496 e. The van der Waals surface area contributed by atoms with E-state index < -0.39 is 0 Å². The van der Waals surface area contributed by atoms with Crippen molar-refractivity contribution in [3.63, 3.8) is 0 Å². The molecular weight excluding hydrogens is 284 g/mol. The summed E-state index contributed by atoms with van der Waals surface area (Å²) in [6.45, 7) is 6.64. The van der Waals surface area contributed by atoms with E-state index in [0.29, 0.717) is 0 Å². The predicted octanol–water partition coefficient (Wildman–Crippen LogP) is 5.28. The fourth-order valence-electron chi connectivity index (χ4n) is 2.59. The van der Waals surface area contributed by atoms with Gasteiger partial charge in [-0.3, -0.25) is 0 Å². The topological polar surface area (TPSA) is 34.1 Å². The number of nitrogens with one attached hydrogen (secondary N) is 1. The van der Waals surface area contributed by atoms with Crippen LogP contribution in [0.25, 0.3) is 10.9 Å². The maximum atomic E-state index is 5.38. The molecule has 0 fully saturated rings. The van der Waals surface area contributed by atoms with Crippen molar-refractivity contribution < 1.29 is 4.74 Å². The van der Waals surface area contributed by atoms with E-state index in [1.807, 2.05) is 30.3 Å². The van der Waals surface area contributed by atoms with Crippen LogP contribution in [-0.4, -0.2) is 12.1 Å². The van der Waals surface area contributed by atoms with Gasteiger partial charge in [-0.05, 0) is 47.4 Å². The third kappa shape index (κ3) is 3.29. The number of ether oxygens (including phenoxy) is 1. The van der Waals surface area contributed by atoms with Gasteiger partial charge in [-0.25, -0.2) is 4.98 Å². The number of hydrogen-bond donors (Lipinski definition) is 1. The Kier molecular flexibility index (Phi) is 3.95. The van der Waals surface area contributed by atoms with Gasteiger partial charge < -0.3 is 10.1 Å². The molecule has 3 heteroatoms. The first-order chi connectivity index (χ1) is 11.0. The molecule has 0 aliphatic rings. The molecule has 1 aromatic heterocycles. The number of hydrogen-bond acceptors (Lipinski definition) is 3. The van der Waals surface area contributed by atoms with Gasteiger partial charge in [0.15, 0.2) is 0 Å². The Balaban J connectivity index is 1.93. The second-order valence-corrected chi connectivity index (χ2v) is 6.68. The molecule has 1 heterocycles. The molecular formula is C20H22N2O. The average molecular weight is 306 g/mol. The molecule has 0 saturated carbocycles. The predicted molar refractivity (Wildman–Crippen MR) is 96.7 cm³/mol. The molecule has 23 heavy (non-hydrogen) atoms. The molecule has 3 rings (SSSR count). The first-order valence-corrected chi connectivity index (χ1v) is 7.79. The Morgan fingerprint density at radius 2 is 1.74 bits per heavy atom. The summed E-state index contributed by atoms with van der Waals surface area (Å²) in [6, 6.07) is 18.4. The van der Waals surface area contributed by atoms with Crippen LogP contribution < -0.4 is 10.1 Å². The molecule has 3 aromatic rings. The molecule has 0 bridgehead atoms. The summed E-state index contributed by atoms with van der Waals surface area (Å²) in [5, 5.41) is 4.41. The van der Waals surface area contributed by atoms with E-state index in [1.54, 1.807) is 7.11 Å². The summed E-state index contributed by atoms with van der Waals surface area (Å²) in [5.74, 6) is 1.67. The van der Waals surface area contributed by atoms with Gasteiger partial charge in [0, 0.05) is 11.1 Å². The Morgan fingerprint density at radius 1 is 0.957 bits per heavy atom. The summed E-state index contributed by atoms with van der Waals surface area (Å²) in [6.07, 6.45) is 0. The Labute approximate surface area is 137 Å². The zero-order chi connectivity index (χ0) is 16.4. The fraction of sp³-hybridized carbons (Fsp3) is 0.250. The van der Waals surface area contributed by atoms with Crippen LogP contribution in [0.4, 0.5) is 11.5 Å². The Morgan fingerprint density at radius 3 is 2.48 bits per heavy atom. The standard InChI is InChI=1S/C20H22N2O/c1-20(2,3)14-7-5-8-15(13-14)21-19-12-11-16-17(22-19)9-6-10-18(16)23-4/h5-13H,1-4H3,(H,21,22). The SMILES string of the molecule is COc1cccc2nc(Nc3cccc(C(C)(C)C)c3)ccc12. The fourth-order valence-corrected chi connectivity index (χ4v) is 2.59. The summed E-state index contributed by atoms with van der Waals surface area (Å²) in [5.41, 5.74) is 3.39. The Hall–Kier alpha value is -2.55. The highest BCUT2D eigenvalue weighted by Crippen LogP contribution is 2.28. The largest absolute Gasteiger partial charge is 0.496 e. The van der Waals surface area contributed by atoms with Gasteiger partial charge in [-0.1, -0.05) is 39.0 Å². The van der Waals surface area contributed by atoms with Crippen molar-refractivity contribution in [1.82, 2.24) is 4.98 Å². The van der Waals surface area contributed by atoms with Crippen LogP contribution in [-0.2, 0) is 5.41 Å². The van der Waals surface area contributed by atoms with Crippen molar-refractivity contribution in [3.05, 3.63) is 60.2 Å². The van der Waals surface area contributed by atoms with Gasteiger partial charge >= 0.3 is 0 Å². The smallest absolute Gasteiger partial charge is 0.131 e. The quantitative estimate of drug-likeness (QED) is 0.714. The van der Waals surface area contributed by atoms with E-state index in [2.05, 4.69) is 55.3 Å². The highest BCUT2D eigenvalue weighted by molar-refractivity contribution is 5.86. The molecule has 2 aromatic carbocycles. The highest BCUT2D eigenvalue weighted by Gasteiger charge is 2.13. The van der Waals surface area contributed by atoms with Crippen molar-refractivity contribution in [2.24, 2.45) is 0 Å². The third-order valence-corrected chi connectivity index (χ3v) is 3.91. The molecule has 0 aliphatic heterocycles. The van der Waals surface area contributed by atoms with Crippen LogP contribution in [0, 0.1) is 0 Å². The maximum absolute atomic E-state index is 5.38. The number of fused-ring (bicyclic) bond motifs is 1. The zero-order valence-corrected chi connectivity index (χ0v) is 14.1. The molecule has 0 spiro atoms. The Bertz CT molecular complexity index is 834. The lowest BCUT2D eigenvalue weighted by Crippen LogP contribution is -2.11. The molecule has 0 aliphatic carbocycles. The highest BCUT2D eigenvalue weighted by atomic mass is 16.5. The van der Waals surface area contributed by atoms with Gasteiger partial charge in [0.05, 0.1) is 12.6 Å². The number of anilines is 2. The second-order valence-electron chi connectivity index (χ2n) is 6.68. The van der Waals surface area contributed by atoms with Gasteiger partial charge in [-0.15, -0.1) is 0 Å². The summed E-state index contributed by atoms with van der Waals surface area (Å²) in [7, 11) is 1.68. The van der Waals surface area contributed by atoms with Crippen LogP contribution >= 0.6 is 0 Å². The monoisotopic (exact) mass is 306 g/mol. The minimum absolute atomic E-state index is 0.127. The molecule has 0 amide bonds.